The maximum Gasteiger partial charge on any atom is 0.191 e. The van der Waals surface area contributed by atoms with Crippen molar-refractivity contribution < 1.29 is 0 Å². The minimum Gasteiger partial charge on any atom is -0.356 e. The Kier molecular flexibility index (Phi) is 3.47. The van der Waals surface area contributed by atoms with Crippen LogP contribution >= 0.6 is 0 Å². The van der Waals surface area contributed by atoms with Crippen molar-refractivity contribution in [2.45, 2.75) is 18.9 Å². The molecule has 0 aromatic carbocycles. The van der Waals surface area contributed by atoms with Crippen molar-refractivity contribution in [1.29, 1.82) is 0 Å². The molecule has 4 aliphatic rings. The Morgan fingerprint density at radius 1 is 1.24 bits per heavy atom. The van der Waals surface area contributed by atoms with E-state index >= 15 is 0 Å². The number of nitrogens with one attached hydrogen (secondary N) is 2. The molecule has 0 radical (unpaired) electrons. The normalized spacial score (nSPS) is 36.9. The summed E-state index contributed by atoms with van der Waals surface area (Å²) in [7, 11) is 0. The molecule has 5 heteroatoms. The van der Waals surface area contributed by atoms with Crippen LogP contribution in [-0.2, 0) is 0 Å². The molecule has 1 atom stereocenters. The van der Waals surface area contributed by atoms with E-state index in [1.165, 1.54) is 45.6 Å². The molecule has 3 saturated heterocycles. The third kappa shape index (κ3) is 2.72. The van der Waals surface area contributed by atoms with E-state index in [1.54, 1.807) is 0 Å². The summed E-state index contributed by atoms with van der Waals surface area (Å²) in [6.45, 7) is 9.29. The Hall–Kier alpha value is -0.810. The SMILES string of the molecule is C1CCNC(NC[C@@H]2CN3CCN2CC3)=NC1. The van der Waals surface area contributed by atoms with Gasteiger partial charge in [0.05, 0.1) is 0 Å². The highest BCUT2D eigenvalue weighted by atomic mass is 15.4. The number of fused-ring (bicyclic) bond motifs is 3. The van der Waals surface area contributed by atoms with Gasteiger partial charge >= 0.3 is 0 Å². The predicted molar refractivity (Wildman–Crippen MR) is 69.3 cm³/mol. The predicted octanol–water partition coefficient (Wildman–Crippen LogP) is -0.685. The summed E-state index contributed by atoms with van der Waals surface area (Å²) in [6.07, 6.45) is 2.44. The second-order valence-corrected chi connectivity index (χ2v) is 5.24. The van der Waals surface area contributed by atoms with Crippen LogP contribution in [0.5, 0.6) is 0 Å². The molecule has 0 amide bonds. The van der Waals surface area contributed by atoms with Gasteiger partial charge in [-0.2, -0.15) is 0 Å². The molecule has 2 bridgehead atoms. The lowest BCUT2D eigenvalue weighted by Crippen LogP contribution is -2.63. The molecule has 4 aliphatic heterocycles. The van der Waals surface area contributed by atoms with Crippen molar-refractivity contribution in [1.82, 2.24) is 20.4 Å². The highest BCUT2D eigenvalue weighted by Gasteiger charge is 2.31. The van der Waals surface area contributed by atoms with Crippen LogP contribution in [0.2, 0.25) is 0 Å². The minimum atomic E-state index is 0.672. The summed E-state index contributed by atoms with van der Waals surface area (Å²) in [5.41, 5.74) is 0. The van der Waals surface area contributed by atoms with Gasteiger partial charge in [-0.3, -0.25) is 14.8 Å². The first-order chi connectivity index (χ1) is 8.42. The monoisotopic (exact) mass is 237 g/mol. The second kappa shape index (κ2) is 5.23. The van der Waals surface area contributed by atoms with Gasteiger partial charge in [0, 0.05) is 58.4 Å². The number of guanidine groups is 1. The molecule has 0 spiro atoms. The van der Waals surface area contributed by atoms with Gasteiger partial charge in [-0.1, -0.05) is 0 Å². The largest absolute Gasteiger partial charge is 0.356 e. The minimum absolute atomic E-state index is 0.672. The fourth-order valence-electron chi connectivity index (χ4n) is 2.94. The van der Waals surface area contributed by atoms with E-state index in [-0.39, 0.29) is 0 Å². The molecule has 2 N–H and O–H groups in total. The van der Waals surface area contributed by atoms with Gasteiger partial charge in [-0.25, -0.2) is 0 Å². The topological polar surface area (TPSA) is 42.9 Å². The van der Waals surface area contributed by atoms with Crippen LogP contribution in [-0.4, -0.2) is 74.2 Å². The molecule has 4 rings (SSSR count). The van der Waals surface area contributed by atoms with E-state index in [4.69, 9.17) is 0 Å². The molecule has 17 heavy (non-hydrogen) atoms. The van der Waals surface area contributed by atoms with E-state index in [1.807, 2.05) is 0 Å². The lowest BCUT2D eigenvalue weighted by molar-refractivity contribution is 0.0154. The number of hydrogen-bond donors (Lipinski definition) is 2. The molecule has 0 aromatic rings. The molecule has 0 aliphatic carbocycles. The van der Waals surface area contributed by atoms with Crippen LogP contribution in [0.4, 0.5) is 0 Å². The second-order valence-electron chi connectivity index (χ2n) is 5.24. The van der Waals surface area contributed by atoms with Crippen molar-refractivity contribution in [3.63, 3.8) is 0 Å². The average Bonchev–Trinajstić information content (AvgIpc) is 2.66. The summed E-state index contributed by atoms with van der Waals surface area (Å²) < 4.78 is 0. The van der Waals surface area contributed by atoms with E-state index in [0.717, 1.165) is 25.6 Å². The highest BCUT2D eigenvalue weighted by Crippen LogP contribution is 2.14. The number of piperazine rings is 3. The van der Waals surface area contributed by atoms with E-state index in [9.17, 15) is 0 Å². The lowest BCUT2D eigenvalue weighted by Gasteiger charge is -2.47. The van der Waals surface area contributed by atoms with Gasteiger partial charge in [-0.05, 0) is 12.8 Å². The van der Waals surface area contributed by atoms with E-state index in [2.05, 4.69) is 25.4 Å². The zero-order valence-corrected chi connectivity index (χ0v) is 10.5. The molecule has 96 valence electrons. The van der Waals surface area contributed by atoms with Gasteiger partial charge in [0.15, 0.2) is 5.96 Å². The molecule has 0 unspecified atom stereocenters. The Labute approximate surface area is 103 Å². The first-order valence-corrected chi connectivity index (χ1v) is 6.90. The average molecular weight is 237 g/mol. The fourth-order valence-corrected chi connectivity index (χ4v) is 2.94. The zero-order chi connectivity index (χ0) is 11.5. The van der Waals surface area contributed by atoms with Crippen LogP contribution in [0, 0.1) is 0 Å². The maximum atomic E-state index is 4.53. The fraction of sp³-hybridized carbons (Fsp3) is 0.917. The highest BCUT2D eigenvalue weighted by molar-refractivity contribution is 5.79. The van der Waals surface area contributed by atoms with Gasteiger partial charge in [0.1, 0.15) is 0 Å². The molecule has 4 heterocycles. The third-order valence-corrected chi connectivity index (χ3v) is 4.04. The quantitative estimate of drug-likeness (QED) is 0.667. The molecule has 5 nitrogen and oxygen atoms in total. The van der Waals surface area contributed by atoms with Gasteiger partial charge in [0.2, 0.25) is 0 Å². The number of aliphatic imine (C=N–C) groups is 1. The van der Waals surface area contributed by atoms with Crippen molar-refractivity contribution in [3.8, 4) is 0 Å². The summed E-state index contributed by atoms with van der Waals surface area (Å²) in [6, 6.07) is 0.672. The Balaban J connectivity index is 1.49. The molecular weight excluding hydrogens is 214 g/mol. The van der Waals surface area contributed by atoms with Crippen LogP contribution in [0.1, 0.15) is 12.8 Å². The summed E-state index contributed by atoms with van der Waals surface area (Å²) >= 11 is 0. The zero-order valence-electron chi connectivity index (χ0n) is 10.5. The van der Waals surface area contributed by atoms with Crippen LogP contribution in [0.25, 0.3) is 0 Å². The summed E-state index contributed by atoms with van der Waals surface area (Å²) in [5.74, 6) is 1.01. The number of nitrogens with zero attached hydrogens (tertiary/aromatic N) is 3. The van der Waals surface area contributed by atoms with E-state index < -0.39 is 0 Å². The first kappa shape index (κ1) is 11.3. The van der Waals surface area contributed by atoms with Crippen molar-refractivity contribution in [3.05, 3.63) is 0 Å². The van der Waals surface area contributed by atoms with Crippen LogP contribution in [0.15, 0.2) is 4.99 Å². The standard InChI is InChI=1S/C12H23N5/c1-2-4-14-12(13-3-1)15-9-11-10-16-5-7-17(11)8-6-16/h11H,1-10H2,(H2,13,14,15)/t11-/m1/s1. The number of hydrogen-bond acceptors (Lipinski definition) is 5. The third-order valence-electron chi connectivity index (χ3n) is 4.04. The Bertz CT molecular complexity index is 283. The van der Waals surface area contributed by atoms with Gasteiger partial charge in [0.25, 0.3) is 0 Å². The van der Waals surface area contributed by atoms with Crippen molar-refractivity contribution >= 4 is 5.96 Å². The van der Waals surface area contributed by atoms with E-state index in [0.29, 0.717) is 6.04 Å². The van der Waals surface area contributed by atoms with Crippen molar-refractivity contribution in [2.75, 3.05) is 52.4 Å². The smallest absolute Gasteiger partial charge is 0.191 e. The molecule has 3 fully saturated rings. The summed E-state index contributed by atoms with van der Waals surface area (Å²) in [5, 5.41) is 6.86. The van der Waals surface area contributed by atoms with Crippen LogP contribution in [0.3, 0.4) is 0 Å². The van der Waals surface area contributed by atoms with Crippen LogP contribution < -0.4 is 10.6 Å². The van der Waals surface area contributed by atoms with Crippen molar-refractivity contribution in [2.24, 2.45) is 4.99 Å². The maximum absolute atomic E-state index is 4.53. The number of rotatable bonds is 2. The Morgan fingerprint density at radius 2 is 2.12 bits per heavy atom. The first-order valence-electron chi connectivity index (χ1n) is 6.90. The molecule has 0 aromatic heterocycles. The van der Waals surface area contributed by atoms with Gasteiger partial charge < -0.3 is 10.6 Å². The summed E-state index contributed by atoms with van der Waals surface area (Å²) in [4.78, 5) is 9.73. The lowest BCUT2D eigenvalue weighted by atomic mass is 10.1. The molecule has 0 saturated carbocycles. The van der Waals surface area contributed by atoms with Gasteiger partial charge in [-0.15, -0.1) is 0 Å². The molecular formula is C12H23N5. The Morgan fingerprint density at radius 3 is 2.88 bits per heavy atom.